The zero-order valence-corrected chi connectivity index (χ0v) is 10.2. The Balaban J connectivity index is 1.95. The van der Waals surface area contributed by atoms with Crippen molar-refractivity contribution in [2.75, 3.05) is 11.4 Å². The van der Waals surface area contributed by atoms with Crippen LogP contribution in [0.15, 0.2) is 4.42 Å². The predicted molar refractivity (Wildman–Crippen MR) is 62.3 cm³/mol. The van der Waals surface area contributed by atoms with Gasteiger partial charge in [0, 0.05) is 18.6 Å². The van der Waals surface area contributed by atoms with Crippen molar-refractivity contribution in [1.82, 2.24) is 15.5 Å². The fourth-order valence-corrected chi connectivity index (χ4v) is 1.66. The molecule has 5 nitrogen and oxygen atoms in total. The van der Waals surface area contributed by atoms with Gasteiger partial charge in [-0.25, -0.2) is 0 Å². The molecular weight excluding hydrogens is 204 g/mol. The summed E-state index contributed by atoms with van der Waals surface area (Å²) in [5.74, 6) is 0.669. The van der Waals surface area contributed by atoms with Crippen molar-refractivity contribution in [2.45, 2.75) is 52.2 Å². The Morgan fingerprint density at radius 3 is 2.75 bits per heavy atom. The Morgan fingerprint density at radius 1 is 1.44 bits per heavy atom. The maximum absolute atomic E-state index is 5.63. The highest BCUT2D eigenvalue weighted by atomic mass is 16.4. The molecule has 16 heavy (non-hydrogen) atoms. The van der Waals surface area contributed by atoms with Crippen LogP contribution >= 0.6 is 0 Å². The largest absolute Gasteiger partial charge is 0.407 e. The minimum Gasteiger partial charge on any atom is -0.407 e. The Hall–Kier alpha value is -1.10. The van der Waals surface area contributed by atoms with Crippen molar-refractivity contribution in [2.24, 2.45) is 0 Å². The van der Waals surface area contributed by atoms with Gasteiger partial charge in [-0.2, -0.15) is 0 Å². The molecule has 0 aliphatic heterocycles. The van der Waals surface area contributed by atoms with Crippen molar-refractivity contribution in [1.29, 1.82) is 0 Å². The van der Waals surface area contributed by atoms with Gasteiger partial charge >= 0.3 is 6.01 Å². The zero-order valence-electron chi connectivity index (χ0n) is 10.2. The van der Waals surface area contributed by atoms with Crippen LogP contribution < -0.4 is 10.2 Å². The van der Waals surface area contributed by atoms with Crippen molar-refractivity contribution in [3.05, 3.63) is 5.89 Å². The van der Waals surface area contributed by atoms with E-state index in [-0.39, 0.29) is 0 Å². The van der Waals surface area contributed by atoms with E-state index in [9.17, 15) is 0 Å². The van der Waals surface area contributed by atoms with Crippen LogP contribution in [-0.4, -0.2) is 28.8 Å². The number of nitrogens with one attached hydrogen (secondary N) is 1. The normalized spacial score (nSPS) is 15.8. The second kappa shape index (κ2) is 4.82. The minimum absolute atomic E-state index is 0.432. The molecule has 1 aromatic rings. The van der Waals surface area contributed by atoms with Crippen LogP contribution in [0.4, 0.5) is 6.01 Å². The summed E-state index contributed by atoms with van der Waals surface area (Å²) < 4.78 is 5.63. The second-order valence-corrected chi connectivity index (χ2v) is 4.53. The second-order valence-electron chi connectivity index (χ2n) is 4.53. The van der Waals surface area contributed by atoms with Crippen molar-refractivity contribution in [3.63, 3.8) is 0 Å². The summed E-state index contributed by atoms with van der Waals surface area (Å²) in [7, 11) is 0. The highest BCUT2D eigenvalue weighted by Crippen LogP contribution is 2.30. The molecular formula is C11H20N4O. The Bertz CT molecular complexity index is 332. The summed E-state index contributed by atoms with van der Waals surface area (Å²) in [5, 5.41) is 11.4. The molecule has 0 spiro atoms. The SMILES string of the molecule is CCN(c1nnc(CNC(C)C)o1)C1CC1. The highest BCUT2D eigenvalue weighted by Gasteiger charge is 2.31. The summed E-state index contributed by atoms with van der Waals surface area (Å²) >= 11 is 0. The van der Waals surface area contributed by atoms with Crippen molar-refractivity contribution >= 4 is 6.01 Å². The summed E-state index contributed by atoms with van der Waals surface area (Å²) in [5.41, 5.74) is 0. The monoisotopic (exact) mass is 224 g/mol. The van der Waals surface area contributed by atoms with Gasteiger partial charge in [-0.15, -0.1) is 5.10 Å². The Labute approximate surface area is 96.2 Å². The molecule has 2 rings (SSSR count). The van der Waals surface area contributed by atoms with E-state index in [1.807, 2.05) is 0 Å². The van der Waals surface area contributed by atoms with E-state index in [2.05, 4.69) is 41.2 Å². The van der Waals surface area contributed by atoms with Crippen LogP contribution in [-0.2, 0) is 6.54 Å². The van der Waals surface area contributed by atoms with Crippen molar-refractivity contribution in [3.8, 4) is 0 Å². The molecule has 90 valence electrons. The first kappa shape index (κ1) is 11.4. The van der Waals surface area contributed by atoms with E-state index < -0.39 is 0 Å². The molecule has 0 saturated heterocycles. The average Bonchev–Trinajstić information content (AvgIpc) is 2.96. The molecule has 1 aromatic heterocycles. The molecule has 0 bridgehead atoms. The maximum Gasteiger partial charge on any atom is 0.318 e. The first-order chi connectivity index (χ1) is 7.70. The molecule has 0 amide bonds. The third kappa shape index (κ3) is 2.72. The Kier molecular flexibility index (Phi) is 3.43. The van der Waals surface area contributed by atoms with E-state index in [1.165, 1.54) is 12.8 Å². The van der Waals surface area contributed by atoms with Gasteiger partial charge in [0.25, 0.3) is 0 Å². The molecule has 1 saturated carbocycles. The first-order valence-corrected chi connectivity index (χ1v) is 6.03. The lowest BCUT2D eigenvalue weighted by Gasteiger charge is -2.16. The van der Waals surface area contributed by atoms with Crippen LogP contribution in [0.3, 0.4) is 0 Å². The lowest BCUT2D eigenvalue weighted by atomic mass is 10.4. The molecule has 0 radical (unpaired) electrons. The van der Waals surface area contributed by atoms with E-state index in [0.717, 1.165) is 6.54 Å². The van der Waals surface area contributed by atoms with E-state index in [0.29, 0.717) is 30.5 Å². The molecule has 5 heteroatoms. The molecule has 0 atom stereocenters. The highest BCUT2D eigenvalue weighted by molar-refractivity contribution is 5.29. The van der Waals surface area contributed by atoms with E-state index >= 15 is 0 Å². The van der Waals surface area contributed by atoms with Crippen LogP contribution in [0, 0.1) is 0 Å². The predicted octanol–water partition coefficient (Wildman–Crippen LogP) is 1.56. The molecule has 0 aromatic carbocycles. The molecule has 1 aliphatic rings. The van der Waals surface area contributed by atoms with Gasteiger partial charge in [0.2, 0.25) is 5.89 Å². The number of anilines is 1. The number of hydrogen-bond donors (Lipinski definition) is 1. The summed E-state index contributed by atoms with van der Waals surface area (Å²) in [4.78, 5) is 2.19. The molecule has 1 N–H and O–H groups in total. The standard InChI is InChI=1S/C11H20N4O/c1-4-15(9-5-6-9)11-14-13-10(16-11)7-12-8(2)3/h8-9,12H,4-7H2,1-3H3. The van der Waals surface area contributed by atoms with Gasteiger partial charge < -0.3 is 14.6 Å². The Morgan fingerprint density at radius 2 is 2.19 bits per heavy atom. The maximum atomic E-state index is 5.63. The van der Waals surface area contributed by atoms with E-state index in [4.69, 9.17) is 4.42 Å². The fraction of sp³-hybridized carbons (Fsp3) is 0.818. The van der Waals surface area contributed by atoms with Gasteiger partial charge in [0.1, 0.15) is 0 Å². The van der Waals surface area contributed by atoms with Crippen LogP contribution in [0.1, 0.15) is 39.5 Å². The fourth-order valence-electron chi connectivity index (χ4n) is 1.66. The van der Waals surface area contributed by atoms with Gasteiger partial charge in [0.15, 0.2) is 0 Å². The average molecular weight is 224 g/mol. The van der Waals surface area contributed by atoms with Crippen LogP contribution in [0.25, 0.3) is 0 Å². The van der Waals surface area contributed by atoms with Gasteiger partial charge in [0.05, 0.1) is 6.54 Å². The minimum atomic E-state index is 0.432. The topological polar surface area (TPSA) is 54.2 Å². The van der Waals surface area contributed by atoms with Crippen LogP contribution in [0.2, 0.25) is 0 Å². The lowest BCUT2D eigenvalue weighted by Crippen LogP contribution is -2.25. The molecule has 1 fully saturated rings. The number of aromatic nitrogens is 2. The third-order valence-corrected chi connectivity index (χ3v) is 2.69. The van der Waals surface area contributed by atoms with Gasteiger partial charge in [-0.05, 0) is 19.8 Å². The van der Waals surface area contributed by atoms with Crippen LogP contribution in [0.5, 0.6) is 0 Å². The molecule has 1 aliphatic carbocycles. The molecule has 1 heterocycles. The summed E-state index contributed by atoms with van der Waals surface area (Å²) in [6.45, 7) is 7.89. The number of hydrogen-bond acceptors (Lipinski definition) is 5. The van der Waals surface area contributed by atoms with Gasteiger partial charge in [-0.3, -0.25) is 0 Å². The first-order valence-electron chi connectivity index (χ1n) is 6.03. The number of nitrogens with zero attached hydrogens (tertiary/aromatic N) is 3. The smallest absolute Gasteiger partial charge is 0.318 e. The summed E-state index contributed by atoms with van der Waals surface area (Å²) in [6, 6.07) is 1.72. The molecule has 0 unspecified atom stereocenters. The van der Waals surface area contributed by atoms with E-state index in [1.54, 1.807) is 0 Å². The quantitative estimate of drug-likeness (QED) is 0.794. The van der Waals surface area contributed by atoms with Crippen molar-refractivity contribution < 1.29 is 4.42 Å². The third-order valence-electron chi connectivity index (χ3n) is 2.69. The number of rotatable bonds is 6. The van der Waals surface area contributed by atoms with Gasteiger partial charge in [-0.1, -0.05) is 18.9 Å². The summed E-state index contributed by atoms with van der Waals surface area (Å²) in [6.07, 6.45) is 2.49. The zero-order chi connectivity index (χ0) is 11.5. The lowest BCUT2D eigenvalue weighted by molar-refractivity contribution is 0.446.